The zero-order valence-corrected chi connectivity index (χ0v) is 15.2. The smallest absolute Gasteiger partial charge is 0.219 e. The number of aromatic nitrogens is 1. The fourth-order valence-electron chi connectivity index (χ4n) is 2.84. The van der Waals surface area contributed by atoms with Gasteiger partial charge in [-0.25, -0.2) is 4.98 Å². The van der Waals surface area contributed by atoms with E-state index in [9.17, 15) is 0 Å². The Morgan fingerprint density at radius 2 is 2.28 bits per heavy atom. The quantitative estimate of drug-likeness (QED) is 0.715. The van der Waals surface area contributed by atoms with Gasteiger partial charge in [0.05, 0.1) is 6.54 Å². The first-order chi connectivity index (χ1) is 12.2. The third-order valence-electron chi connectivity index (χ3n) is 4.37. The van der Waals surface area contributed by atoms with Crippen LogP contribution in [0.2, 0.25) is 0 Å². The van der Waals surface area contributed by atoms with Crippen molar-refractivity contribution in [3.8, 4) is 5.88 Å². The lowest BCUT2D eigenvalue weighted by atomic mass is 10.00. The largest absolute Gasteiger partial charge is 0.439 e. The molecule has 5 nitrogen and oxygen atoms in total. The Labute approximate surface area is 150 Å². The first kappa shape index (κ1) is 17.7. The van der Waals surface area contributed by atoms with Crippen LogP contribution in [0, 0.1) is 11.8 Å². The van der Waals surface area contributed by atoms with Gasteiger partial charge >= 0.3 is 0 Å². The van der Waals surface area contributed by atoms with Crippen LogP contribution in [0.15, 0.2) is 47.3 Å². The van der Waals surface area contributed by atoms with E-state index in [-0.39, 0.29) is 0 Å². The molecule has 3 rings (SSSR count). The van der Waals surface area contributed by atoms with E-state index in [1.165, 1.54) is 6.42 Å². The molecule has 0 radical (unpaired) electrons. The lowest BCUT2D eigenvalue weighted by Crippen LogP contribution is -2.24. The third kappa shape index (κ3) is 5.43. The molecule has 0 amide bonds. The molecular weight excluding hydrogens is 312 g/mol. The monoisotopic (exact) mass is 340 g/mol. The van der Waals surface area contributed by atoms with Gasteiger partial charge in [0.25, 0.3) is 0 Å². The van der Waals surface area contributed by atoms with Gasteiger partial charge in [-0.05, 0) is 49.4 Å². The fourth-order valence-corrected chi connectivity index (χ4v) is 2.84. The van der Waals surface area contributed by atoms with Crippen LogP contribution in [0.4, 0.5) is 0 Å². The average Bonchev–Trinajstić information content (AvgIpc) is 3.15. The molecule has 1 atom stereocenters. The molecule has 1 aliphatic carbocycles. The molecule has 1 aromatic heterocycles. The van der Waals surface area contributed by atoms with Gasteiger partial charge in [-0.1, -0.05) is 19.9 Å². The highest BCUT2D eigenvalue weighted by atomic mass is 16.5. The lowest BCUT2D eigenvalue weighted by molar-refractivity contribution is 0.414. The molecule has 1 aliphatic heterocycles. The Morgan fingerprint density at radius 1 is 1.36 bits per heavy atom. The van der Waals surface area contributed by atoms with Crippen LogP contribution in [0.5, 0.6) is 5.88 Å². The second-order valence-corrected chi connectivity index (χ2v) is 6.99. The Morgan fingerprint density at radius 3 is 2.92 bits per heavy atom. The number of hydrogen-bond acceptors (Lipinski definition) is 5. The normalized spacial score (nSPS) is 19.6. The van der Waals surface area contributed by atoms with Crippen molar-refractivity contribution in [2.45, 2.75) is 26.7 Å². The van der Waals surface area contributed by atoms with Crippen molar-refractivity contribution in [1.82, 2.24) is 15.6 Å². The van der Waals surface area contributed by atoms with Crippen molar-refractivity contribution in [2.75, 3.05) is 26.2 Å². The van der Waals surface area contributed by atoms with E-state index >= 15 is 0 Å². The second kappa shape index (κ2) is 8.81. The number of amidine groups is 1. The second-order valence-electron chi connectivity index (χ2n) is 6.99. The zero-order chi connectivity index (χ0) is 17.5. The maximum absolute atomic E-state index is 5.86. The molecule has 2 aliphatic rings. The molecule has 5 heteroatoms. The lowest BCUT2D eigenvalue weighted by Gasteiger charge is -2.17. The third-order valence-corrected chi connectivity index (χ3v) is 4.37. The van der Waals surface area contributed by atoms with Gasteiger partial charge < -0.3 is 15.4 Å². The van der Waals surface area contributed by atoms with Crippen molar-refractivity contribution in [3.05, 3.63) is 47.9 Å². The zero-order valence-electron chi connectivity index (χ0n) is 15.2. The van der Waals surface area contributed by atoms with Gasteiger partial charge in [-0.15, -0.1) is 0 Å². The minimum absolute atomic E-state index is 0.543. The van der Waals surface area contributed by atoms with Crippen molar-refractivity contribution in [1.29, 1.82) is 0 Å². The molecule has 0 spiro atoms. The summed E-state index contributed by atoms with van der Waals surface area (Å²) in [7, 11) is 0. The number of nitrogens with zero attached hydrogens (tertiary/aromatic N) is 2. The van der Waals surface area contributed by atoms with Crippen LogP contribution in [-0.2, 0) is 0 Å². The first-order valence-electron chi connectivity index (χ1n) is 9.22. The van der Waals surface area contributed by atoms with Crippen LogP contribution < -0.4 is 15.4 Å². The van der Waals surface area contributed by atoms with E-state index < -0.39 is 0 Å². The number of nitrogens with one attached hydrogen (secondary N) is 2. The topological polar surface area (TPSA) is 58.5 Å². The number of aliphatic imine (C=N–C) groups is 1. The van der Waals surface area contributed by atoms with Gasteiger partial charge in [-0.2, -0.15) is 0 Å². The van der Waals surface area contributed by atoms with E-state index in [4.69, 9.17) is 4.74 Å². The van der Waals surface area contributed by atoms with E-state index in [2.05, 4.69) is 52.7 Å². The number of ether oxygens (including phenoxy) is 1. The molecule has 0 aromatic carbocycles. The summed E-state index contributed by atoms with van der Waals surface area (Å²) >= 11 is 0. The highest BCUT2D eigenvalue weighted by Crippen LogP contribution is 2.19. The SMILES string of the molecule is CC(C)CCNCC1C=CC(Oc2ccc(C3=NCCN3)cn2)=CC1. The van der Waals surface area contributed by atoms with Crippen LogP contribution in [0.25, 0.3) is 0 Å². The minimum atomic E-state index is 0.543. The Hall–Kier alpha value is -2.14. The average molecular weight is 340 g/mol. The van der Waals surface area contributed by atoms with Crippen molar-refractivity contribution < 1.29 is 4.74 Å². The summed E-state index contributed by atoms with van der Waals surface area (Å²) in [6, 6.07) is 3.89. The van der Waals surface area contributed by atoms with Crippen molar-refractivity contribution in [2.24, 2.45) is 16.8 Å². The highest BCUT2D eigenvalue weighted by Gasteiger charge is 2.11. The fraction of sp³-hybridized carbons (Fsp3) is 0.500. The van der Waals surface area contributed by atoms with Crippen molar-refractivity contribution >= 4 is 5.84 Å². The summed E-state index contributed by atoms with van der Waals surface area (Å²) < 4.78 is 5.86. The number of rotatable bonds is 8. The van der Waals surface area contributed by atoms with Gasteiger partial charge in [0.2, 0.25) is 5.88 Å². The maximum atomic E-state index is 5.86. The van der Waals surface area contributed by atoms with E-state index in [1.807, 2.05) is 12.1 Å². The summed E-state index contributed by atoms with van der Waals surface area (Å²) in [5, 5.41) is 6.78. The predicted molar refractivity (Wildman–Crippen MR) is 102 cm³/mol. The van der Waals surface area contributed by atoms with Crippen LogP contribution in [0.1, 0.15) is 32.3 Å². The Kier molecular flexibility index (Phi) is 6.23. The van der Waals surface area contributed by atoms with E-state index in [1.54, 1.807) is 6.20 Å². The summed E-state index contributed by atoms with van der Waals surface area (Å²) in [5.74, 6) is 3.71. The Balaban J connectivity index is 1.44. The standard InChI is InChI=1S/C20H28N4O/c1-15(2)9-10-21-13-16-3-6-18(7-4-16)25-19-8-5-17(14-24-19)20-22-11-12-23-20/h3,5-8,14-16,21H,4,9-13H2,1-2H3,(H,22,23). The van der Waals surface area contributed by atoms with Gasteiger partial charge in [0, 0.05) is 30.9 Å². The molecular formula is C20H28N4O. The highest BCUT2D eigenvalue weighted by molar-refractivity contribution is 5.99. The summed E-state index contributed by atoms with van der Waals surface area (Å²) in [5.41, 5.74) is 1.01. The molecule has 1 aromatic rings. The molecule has 0 bridgehead atoms. The first-order valence-corrected chi connectivity index (χ1v) is 9.22. The maximum Gasteiger partial charge on any atom is 0.219 e. The predicted octanol–water partition coefficient (Wildman–Crippen LogP) is 2.91. The number of hydrogen-bond donors (Lipinski definition) is 2. The van der Waals surface area contributed by atoms with E-state index in [0.29, 0.717) is 11.8 Å². The van der Waals surface area contributed by atoms with Gasteiger partial charge in [-0.3, -0.25) is 4.99 Å². The molecule has 2 heterocycles. The van der Waals surface area contributed by atoms with Crippen LogP contribution >= 0.6 is 0 Å². The minimum Gasteiger partial charge on any atom is -0.439 e. The number of pyridine rings is 1. The molecule has 134 valence electrons. The van der Waals surface area contributed by atoms with Gasteiger partial charge in [0.15, 0.2) is 0 Å². The summed E-state index contributed by atoms with van der Waals surface area (Å²) in [6.45, 7) is 8.36. The molecule has 0 saturated heterocycles. The molecule has 2 N–H and O–H groups in total. The van der Waals surface area contributed by atoms with E-state index in [0.717, 1.165) is 55.7 Å². The van der Waals surface area contributed by atoms with Crippen LogP contribution in [-0.4, -0.2) is 37.0 Å². The molecule has 1 unspecified atom stereocenters. The van der Waals surface area contributed by atoms with Crippen LogP contribution in [0.3, 0.4) is 0 Å². The number of allylic oxidation sites excluding steroid dienone is 2. The Bertz CT molecular complexity index is 646. The summed E-state index contributed by atoms with van der Waals surface area (Å²) in [4.78, 5) is 8.78. The molecule has 0 fully saturated rings. The van der Waals surface area contributed by atoms with Crippen molar-refractivity contribution in [3.63, 3.8) is 0 Å². The van der Waals surface area contributed by atoms with Gasteiger partial charge in [0.1, 0.15) is 11.6 Å². The summed E-state index contributed by atoms with van der Waals surface area (Å²) in [6.07, 6.45) is 10.5. The molecule has 25 heavy (non-hydrogen) atoms. The molecule has 0 saturated carbocycles.